The molecule has 0 fully saturated rings. The van der Waals surface area contributed by atoms with E-state index in [-0.39, 0.29) is 5.41 Å². The van der Waals surface area contributed by atoms with Gasteiger partial charge in [-0.1, -0.05) is 135 Å². The van der Waals surface area contributed by atoms with Gasteiger partial charge in [-0.25, -0.2) is 0 Å². The van der Waals surface area contributed by atoms with Gasteiger partial charge in [0.1, 0.15) is 0 Å². The van der Waals surface area contributed by atoms with Gasteiger partial charge >= 0.3 is 0 Å². The summed E-state index contributed by atoms with van der Waals surface area (Å²) < 4.78 is 0. The summed E-state index contributed by atoms with van der Waals surface area (Å²) in [6.45, 7) is 4.71. The lowest BCUT2D eigenvalue weighted by Crippen LogP contribution is -2.24. The minimum atomic E-state index is -0.0346. The van der Waals surface area contributed by atoms with Crippen LogP contribution in [0.1, 0.15) is 25.0 Å². The van der Waals surface area contributed by atoms with E-state index >= 15 is 0 Å². The molecule has 0 aromatic heterocycles. The molecule has 0 saturated heterocycles. The Balaban J connectivity index is 1.26. The number of hydrogen-bond acceptors (Lipinski definition) is 2. The summed E-state index contributed by atoms with van der Waals surface area (Å²) in [6, 6.07) is 58.7. The van der Waals surface area contributed by atoms with E-state index in [0.29, 0.717) is 0 Å². The van der Waals surface area contributed by atoms with Crippen LogP contribution in [0.15, 0.2) is 158 Å². The quantitative estimate of drug-likeness (QED) is 0.175. The lowest BCUT2D eigenvalue weighted by molar-refractivity contribution is 0.660. The van der Waals surface area contributed by atoms with Crippen LogP contribution < -0.4 is 9.80 Å². The van der Waals surface area contributed by atoms with Gasteiger partial charge in [-0.05, 0) is 114 Å². The van der Waals surface area contributed by atoms with Gasteiger partial charge in [0, 0.05) is 19.5 Å². The maximum Gasteiger partial charge on any atom is 0.0656 e. The number of hydrogen-bond donors (Lipinski definition) is 0. The molecule has 1 aliphatic carbocycles. The van der Waals surface area contributed by atoms with Crippen LogP contribution in [-0.2, 0) is 5.41 Å². The van der Waals surface area contributed by atoms with Crippen LogP contribution in [0.4, 0.5) is 22.7 Å². The SMILES string of the molecule is CN1c2ccccc2N(C)c2cc(-c3c4ccccc4c(-c4ccc5c(c4)-c4ccccc4C5(C)C)c4cc(-c5ccccc5)ccc34)ccc21. The summed E-state index contributed by atoms with van der Waals surface area (Å²) >= 11 is 0. The summed E-state index contributed by atoms with van der Waals surface area (Å²) in [4.78, 5) is 4.65. The van der Waals surface area contributed by atoms with E-state index in [2.05, 4.69) is 195 Å². The molecule has 0 spiro atoms. The first-order valence-corrected chi connectivity index (χ1v) is 17.9. The van der Waals surface area contributed by atoms with Gasteiger partial charge in [0.05, 0.1) is 22.7 Å². The van der Waals surface area contributed by atoms with Gasteiger partial charge in [-0.3, -0.25) is 0 Å². The third kappa shape index (κ3) is 4.29. The Bertz CT molecular complexity index is 2700. The number of fused-ring (bicyclic) bond motifs is 7. The van der Waals surface area contributed by atoms with Crippen molar-refractivity contribution in [1.82, 2.24) is 0 Å². The van der Waals surface area contributed by atoms with E-state index in [1.807, 2.05) is 0 Å². The first-order chi connectivity index (χ1) is 24.9. The molecule has 8 aromatic rings. The van der Waals surface area contributed by atoms with Crippen molar-refractivity contribution in [2.24, 2.45) is 0 Å². The van der Waals surface area contributed by atoms with Crippen molar-refractivity contribution in [3.05, 3.63) is 169 Å². The Morgan fingerprint density at radius 3 is 1.65 bits per heavy atom. The van der Waals surface area contributed by atoms with Crippen molar-refractivity contribution in [3.63, 3.8) is 0 Å². The molecule has 0 atom stereocenters. The zero-order valence-electron chi connectivity index (χ0n) is 29.4. The molecule has 0 bridgehead atoms. The van der Waals surface area contributed by atoms with Crippen molar-refractivity contribution in [2.45, 2.75) is 19.3 Å². The lowest BCUT2D eigenvalue weighted by atomic mass is 9.81. The normalized spacial score (nSPS) is 14.0. The van der Waals surface area contributed by atoms with Crippen molar-refractivity contribution in [1.29, 1.82) is 0 Å². The molecule has 2 heteroatoms. The van der Waals surface area contributed by atoms with Crippen molar-refractivity contribution < 1.29 is 0 Å². The monoisotopic (exact) mass is 654 g/mol. The average molecular weight is 655 g/mol. The van der Waals surface area contributed by atoms with Gasteiger partial charge in [0.25, 0.3) is 0 Å². The second kappa shape index (κ2) is 10.9. The summed E-state index contributed by atoms with van der Waals surface area (Å²) in [5.41, 5.74) is 17.8. The van der Waals surface area contributed by atoms with Crippen molar-refractivity contribution in [2.75, 3.05) is 23.9 Å². The molecule has 2 aliphatic rings. The molecule has 0 radical (unpaired) electrons. The fourth-order valence-corrected chi connectivity index (χ4v) is 9.01. The number of para-hydroxylation sites is 2. The summed E-state index contributed by atoms with van der Waals surface area (Å²) in [5.74, 6) is 0. The molecule has 8 aromatic carbocycles. The Morgan fingerprint density at radius 2 is 0.882 bits per heavy atom. The highest BCUT2D eigenvalue weighted by atomic mass is 15.2. The number of anilines is 4. The Hall–Kier alpha value is -6.12. The van der Waals surface area contributed by atoms with Crippen LogP contribution in [0.25, 0.3) is 66.1 Å². The minimum Gasteiger partial charge on any atom is -0.341 e. The minimum absolute atomic E-state index is 0.0346. The van der Waals surface area contributed by atoms with Gasteiger partial charge < -0.3 is 9.80 Å². The molecule has 2 nitrogen and oxygen atoms in total. The molecule has 10 rings (SSSR count). The van der Waals surface area contributed by atoms with Crippen molar-refractivity contribution >= 4 is 44.3 Å². The van der Waals surface area contributed by atoms with Crippen LogP contribution in [0.2, 0.25) is 0 Å². The number of rotatable bonds is 3. The molecule has 1 heterocycles. The summed E-state index contributed by atoms with van der Waals surface area (Å²) in [7, 11) is 4.36. The van der Waals surface area contributed by atoms with Gasteiger partial charge in [0.15, 0.2) is 0 Å². The first-order valence-electron chi connectivity index (χ1n) is 17.9. The lowest BCUT2D eigenvalue weighted by Gasteiger charge is -2.36. The largest absolute Gasteiger partial charge is 0.341 e. The van der Waals surface area contributed by atoms with E-state index in [1.54, 1.807) is 0 Å². The smallest absolute Gasteiger partial charge is 0.0656 e. The zero-order chi connectivity index (χ0) is 34.4. The molecular formula is C49H38N2. The number of nitrogens with zero attached hydrogens (tertiary/aromatic N) is 2. The fourth-order valence-electron chi connectivity index (χ4n) is 9.01. The second-order valence-electron chi connectivity index (χ2n) is 14.7. The maximum atomic E-state index is 2.46. The van der Waals surface area contributed by atoms with E-state index in [1.165, 1.54) is 99.9 Å². The highest BCUT2D eigenvalue weighted by Gasteiger charge is 2.35. The van der Waals surface area contributed by atoms with Crippen molar-refractivity contribution in [3.8, 4) is 44.5 Å². The molecule has 0 unspecified atom stereocenters. The molecular weight excluding hydrogens is 617 g/mol. The molecule has 51 heavy (non-hydrogen) atoms. The van der Waals surface area contributed by atoms with E-state index in [0.717, 1.165) is 0 Å². The standard InChI is InChI=1S/C49H38N2/c1-49(2)41-19-11-10-16-35(41)39-29-33(23-26-42(39)49)48-37-18-9-8-17-36(37)47(38-25-22-32(28-40(38)48)31-14-6-5-7-15-31)34-24-27-45-46(30-34)51(4)44-21-13-12-20-43(44)50(45)3/h5-30H,1-4H3. The summed E-state index contributed by atoms with van der Waals surface area (Å²) in [6.07, 6.45) is 0. The maximum absolute atomic E-state index is 2.46. The van der Waals surface area contributed by atoms with E-state index < -0.39 is 0 Å². The predicted octanol–water partition coefficient (Wildman–Crippen LogP) is 13.1. The molecule has 1 aliphatic heterocycles. The average Bonchev–Trinajstić information content (AvgIpc) is 3.41. The van der Waals surface area contributed by atoms with E-state index in [9.17, 15) is 0 Å². The Kier molecular flexibility index (Phi) is 6.38. The zero-order valence-corrected chi connectivity index (χ0v) is 29.4. The van der Waals surface area contributed by atoms with E-state index in [4.69, 9.17) is 0 Å². The molecule has 244 valence electrons. The van der Waals surface area contributed by atoms with Crippen LogP contribution >= 0.6 is 0 Å². The highest BCUT2D eigenvalue weighted by Crippen LogP contribution is 2.53. The highest BCUT2D eigenvalue weighted by molar-refractivity contribution is 6.22. The van der Waals surface area contributed by atoms with Crippen LogP contribution in [-0.4, -0.2) is 14.1 Å². The van der Waals surface area contributed by atoms with Gasteiger partial charge in [-0.2, -0.15) is 0 Å². The van der Waals surface area contributed by atoms with Gasteiger partial charge in [0.2, 0.25) is 0 Å². The van der Waals surface area contributed by atoms with Crippen LogP contribution in [0.5, 0.6) is 0 Å². The number of benzene rings is 8. The molecule has 0 N–H and O–H groups in total. The third-order valence-corrected chi connectivity index (χ3v) is 11.6. The van der Waals surface area contributed by atoms with Gasteiger partial charge in [-0.15, -0.1) is 0 Å². The predicted molar refractivity (Wildman–Crippen MR) is 218 cm³/mol. The molecule has 0 amide bonds. The third-order valence-electron chi connectivity index (χ3n) is 11.6. The molecule has 0 saturated carbocycles. The topological polar surface area (TPSA) is 6.48 Å². The second-order valence-corrected chi connectivity index (χ2v) is 14.7. The van der Waals surface area contributed by atoms with Crippen LogP contribution in [0, 0.1) is 0 Å². The summed E-state index contributed by atoms with van der Waals surface area (Å²) in [5, 5.41) is 5.06. The fraction of sp³-hybridized carbons (Fsp3) is 0.102. The van der Waals surface area contributed by atoms with Crippen LogP contribution in [0.3, 0.4) is 0 Å². The Morgan fingerprint density at radius 1 is 0.353 bits per heavy atom. The first kappa shape index (κ1) is 29.8. The Labute approximate surface area is 299 Å².